The molecular formula is C19H18FIN4O4S. The van der Waals surface area contributed by atoms with E-state index in [9.17, 15) is 22.7 Å². The fourth-order valence-electron chi connectivity index (χ4n) is 3.30. The summed E-state index contributed by atoms with van der Waals surface area (Å²) in [6.45, 7) is 4.22. The van der Waals surface area contributed by atoms with Crippen molar-refractivity contribution in [3.05, 3.63) is 55.8 Å². The smallest absolute Gasteiger partial charge is 0.286 e. The van der Waals surface area contributed by atoms with Crippen molar-refractivity contribution in [2.24, 2.45) is 10.3 Å². The van der Waals surface area contributed by atoms with Crippen molar-refractivity contribution in [3.63, 3.8) is 0 Å². The largest absolute Gasteiger partial charge is 0.505 e. The van der Waals surface area contributed by atoms with Gasteiger partial charge in [0.15, 0.2) is 11.6 Å². The van der Waals surface area contributed by atoms with Crippen LogP contribution in [0.15, 0.2) is 44.6 Å². The van der Waals surface area contributed by atoms with Crippen molar-refractivity contribution in [1.82, 2.24) is 9.20 Å². The maximum Gasteiger partial charge on any atom is 0.286 e. The molecule has 0 saturated heterocycles. The number of anilines is 1. The van der Waals surface area contributed by atoms with Crippen molar-refractivity contribution in [1.29, 1.82) is 0 Å². The Morgan fingerprint density at radius 3 is 2.73 bits per heavy atom. The molecule has 3 heterocycles. The molecule has 3 aromatic rings. The summed E-state index contributed by atoms with van der Waals surface area (Å²) >= 11 is 1.99. The molecule has 2 N–H and O–H groups in total. The van der Waals surface area contributed by atoms with E-state index in [1.54, 1.807) is 12.1 Å². The minimum atomic E-state index is -4.10. The number of amidine groups is 1. The summed E-state index contributed by atoms with van der Waals surface area (Å²) < 4.78 is 46.3. The number of hydrogen-bond acceptors (Lipinski definition) is 5. The Hall–Kier alpha value is -2.41. The van der Waals surface area contributed by atoms with Crippen LogP contribution in [-0.2, 0) is 16.6 Å². The maximum absolute atomic E-state index is 14.0. The van der Waals surface area contributed by atoms with Crippen LogP contribution in [0, 0.1) is 15.3 Å². The molecule has 11 heteroatoms. The third kappa shape index (κ3) is 3.49. The van der Waals surface area contributed by atoms with E-state index < -0.39 is 27.1 Å². The number of benzene rings is 1. The quantitative estimate of drug-likeness (QED) is 0.492. The van der Waals surface area contributed by atoms with Gasteiger partial charge in [-0.15, -0.1) is 4.40 Å². The molecule has 0 radical (unpaired) electrons. The molecule has 30 heavy (non-hydrogen) atoms. The second-order valence-corrected chi connectivity index (χ2v) is 10.2. The van der Waals surface area contributed by atoms with E-state index >= 15 is 0 Å². The van der Waals surface area contributed by atoms with Crippen molar-refractivity contribution >= 4 is 49.7 Å². The third-order valence-electron chi connectivity index (χ3n) is 4.80. The average molecular weight is 544 g/mol. The number of nitrogens with zero attached hydrogens (tertiary/aromatic N) is 3. The van der Waals surface area contributed by atoms with E-state index in [1.165, 1.54) is 15.3 Å². The summed E-state index contributed by atoms with van der Waals surface area (Å²) in [5, 5.41) is 13.6. The van der Waals surface area contributed by atoms with Gasteiger partial charge in [0.1, 0.15) is 21.8 Å². The summed E-state index contributed by atoms with van der Waals surface area (Å²) in [6.07, 6.45) is 1.73. The number of halogens is 2. The first-order valence-electron chi connectivity index (χ1n) is 9.14. The van der Waals surface area contributed by atoms with Crippen LogP contribution in [0.25, 0.3) is 5.52 Å². The van der Waals surface area contributed by atoms with Crippen molar-refractivity contribution < 1.29 is 17.9 Å². The minimum absolute atomic E-state index is 0.0208. The van der Waals surface area contributed by atoms with Crippen LogP contribution in [0.1, 0.15) is 25.8 Å². The lowest BCUT2D eigenvalue weighted by Crippen LogP contribution is -2.35. The van der Waals surface area contributed by atoms with E-state index in [0.29, 0.717) is 9.99 Å². The number of hydrogen-bond donors (Lipinski definition) is 2. The first-order chi connectivity index (χ1) is 14.1. The summed E-state index contributed by atoms with van der Waals surface area (Å²) in [4.78, 5) is 13.2. The Labute approximate surface area is 185 Å². The SMILES string of the molecule is CC(C)CCn1c(=O)c(C2=NS(=O)(=O)c3cc(I)ccc3N2)c(O)c2cc(F)cn21. The summed E-state index contributed by atoms with van der Waals surface area (Å²) in [6, 6.07) is 5.81. The molecule has 1 aliphatic rings. The molecule has 1 aromatic carbocycles. The number of nitrogens with one attached hydrogen (secondary N) is 1. The van der Waals surface area contributed by atoms with Crippen LogP contribution < -0.4 is 10.9 Å². The van der Waals surface area contributed by atoms with Crippen molar-refractivity contribution in [2.45, 2.75) is 31.7 Å². The predicted molar refractivity (Wildman–Crippen MR) is 119 cm³/mol. The Morgan fingerprint density at radius 1 is 1.30 bits per heavy atom. The van der Waals surface area contributed by atoms with E-state index in [-0.39, 0.29) is 40.0 Å². The number of aryl methyl sites for hydroxylation is 1. The highest BCUT2D eigenvalue weighted by Crippen LogP contribution is 2.32. The lowest BCUT2D eigenvalue weighted by molar-refractivity contribution is 0.436. The van der Waals surface area contributed by atoms with Crippen LogP contribution in [0.5, 0.6) is 5.75 Å². The Kier molecular flexibility index (Phi) is 5.12. The summed E-state index contributed by atoms with van der Waals surface area (Å²) in [7, 11) is -4.10. The van der Waals surface area contributed by atoms with Crippen LogP contribution in [0.3, 0.4) is 0 Å². The second kappa shape index (κ2) is 7.38. The Balaban J connectivity index is 1.97. The molecule has 0 unspecified atom stereocenters. The number of fused-ring (bicyclic) bond motifs is 2. The van der Waals surface area contributed by atoms with E-state index in [4.69, 9.17) is 0 Å². The number of rotatable bonds is 4. The zero-order valence-corrected chi connectivity index (χ0v) is 19.0. The second-order valence-electron chi connectivity index (χ2n) is 7.40. The normalized spacial score (nSPS) is 15.2. The predicted octanol–water partition coefficient (Wildman–Crippen LogP) is 3.16. The van der Waals surface area contributed by atoms with Crippen molar-refractivity contribution in [2.75, 3.05) is 5.32 Å². The van der Waals surface area contributed by atoms with Crippen LogP contribution in [-0.4, -0.2) is 28.6 Å². The van der Waals surface area contributed by atoms with Gasteiger partial charge in [-0.3, -0.25) is 9.31 Å². The topological polar surface area (TPSA) is 105 Å². The highest BCUT2D eigenvalue weighted by molar-refractivity contribution is 14.1. The van der Waals surface area contributed by atoms with E-state index in [0.717, 1.165) is 12.3 Å². The fourth-order valence-corrected chi connectivity index (χ4v) is 5.15. The molecule has 0 saturated carbocycles. The molecule has 0 amide bonds. The maximum atomic E-state index is 14.0. The zero-order chi connectivity index (χ0) is 21.8. The average Bonchev–Trinajstić information content (AvgIpc) is 3.03. The monoisotopic (exact) mass is 544 g/mol. The molecule has 0 spiro atoms. The van der Waals surface area contributed by atoms with Gasteiger partial charge in [0, 0.05) is 16.2 Å². The van der Waals surface area contributed by atoms with Gasteiger partial charge in [0.25, 0.3) is 15.6 Å². The number of sulfonamides is 1. The first kappa shape index (κ1) is 20.8. The van der Waals surface area contributed by atoms with Gasteiger partial charge in [0.2, 0.25) is 0 Å². The molecule has 1 aliphatic heterocycles. The lowest BCUT2D eigenvalue weighted by Gasteiger charge is -2.20. The van der Waals surface area contributed by atoms with Gasteiger partial charge in [-0.25, -0.2) is 9.07 Å². The first-order valence-corrected chi connectivity index (χ1v) is 11.7. The van der Waals surface area contributed by atoms with Crippen LogP contribution >= 0.6 is 22.6 Å². The third-order valence-corrected chi connectivity index (χ3v) is 6.78. The summed E-state index contributed by atoms with van der Waals surface area (Å²) in [5.74, 6) is -1.20. The highest BCUT2D eigenvalue weighted by atomic mass is 127. The van der Waals surface area contributed by atoms with Crippen molar-refractivity contribution in [3.8, 4) is 5.75 Å². The van der Waals surface area contributed by atoms with E-state index in [2.05, 4.69) is 9.71 Å². The molecule has 0 aliphatic carbocycles. The molecule has 8 nitrogen and oxygen atoms in total. The van der Waals surface area contributed by atoms with Gasteiger partial charge >= 0.3 is 0 Å². The molecule has 0 fully saturated rings. The zero-order valence-electron chi connectivity index (χ0n) is 16.1. The van der Waals surface area contributed by atoms with Gasteiger partial charge in [0.05, 0.1) is 11.9 Å². The fraction of sp³-hybridized carbons (Fsp3) is 0.263. The minimum Gasteiger partial charge on any atom is -0.505 e. The van der Waals surface area contributed by atoms with Gasteiger partial charge < -0.3 is 10.4 Å². The van der Waals surface area contributed by atoms with E-state index in [1.807, 2.05) is 36.4 Å². The highest BCUT2D eigenvalue weighted by Gasteiger charge is 2.30. The van der Waals surface area contributed by atoms with Crippen LogP contribution in [0.4, 0.5) is 10.1 Å². The Bertz CT molecular complexity index is 1380. The lowest BCUT2D eigenvalue weighted by atomic mass is 10.1. The van der Waals surface area contributed by atoms with Gasteiger partial charge in [-0.2, -0.15) is 8.42 Å². The standard InChI is InChI=1S/C19H18FIN4O4S/c1-10(2)5-6-24-19(27)16(17(26)14-7-11(20)9-25(14)24)18-22-13-4-3-12(21)8-15(13)30(28,29)23-18/h3-4,7-10,26H,5-6H2,1-2H3,(H,22,23). The molecule has 0 bridgehead atoms. The molecule has 158 valence electrons. The molecule has 0 atom stereocenters. The summed E-state index contributed by atoms with van der Waals surface area (Å²) in [5.41, 5.74) is -0.709. The Morgan fingerprint density at radius 2 is 2.03 bits per heavy atom. The number of aromatic nitrogens is 2. The van der Waals surface area contributed by atoms with Gasteiger partial charge in [-0.1, -0.05) is 13.8 Å². The number of aromatic hydroxyl groups is 1. The molecular weight excluding hydrogens is 526 g/mol. The van der Waals surface area contributed by atoms with Crippen LogP contribution in [0.2, 0.25) is 0 Å². The van der Waals surface area contributed by atoms with Gasteiger partial charge in [-0.05, 0) is 53.1 Å². The molecule has 2 aromatic heterocycles. The molecule has 4 rings (SSSR count).